The average molecular weight is 361 g/mol. The van der Waals surface area contributed by atoms with Crippen molar-refractivity contribution in [3.05, 3.63) is 60.2 Å². The number of rotatable bonds is 7. The maximum atomic E-state index is 12.5. The van der Waals surface area contributed by atoms with Crippen LogP contribution in [0.1, 0.15) is 22.8 Å². The molecule has 0 bridgehead atoms. The Balaban J connectivity index is 1.68. The van der Waals surface area contributed by atoms with Crippen molar-refractivity contribution in [1.82, 2.24) is 19.6 Å². The lowest BCUT2D eigenvalue weighted by Crippen LogP contribution is -2.14. The van der Waals surface area contributed by atoms with Crippen LogP contribution in [0.5, 0.6) is 5.75 Å². The van der Waals surface area contributed by atoms with Crippen LogP contribution in [0.15, 0.2) is 49.1 Å². The summed E-state index contributed by atoms with van der Waals surface area (Å²) >= 11 is 0. The molecule has 9 heteroatoms. The number of aryl methyl sites for hydroxylation is 1. The molecule has 0 aliphatic carbocycles. The van der Waals surface area contributed by atoms with Gasteiger partial charge in [-0.2, -0.15) is 19.0 Å². The van der Waals surface area contributed by atoms with E-state index in [2.05, 4.69) is 20.3 Å². The molecule has 0 atom stereocenters. The van der Waals surface area contributed by atoms with Crippen LogP contribution in [-0.4, -0.2) is 32.1 Å². The van der Waals surface area contributed by atoms with Crippen LogP contribution in [0.4, 0.5) is 14.5 Å². The van der Waals surface area contributed by atoms with Crippen LogP contribution in [0, 0.1) is 0 Å². The van der Waals surface area contributed by atoms with Gasteiger partial charge in [-0.05, 0) is 19.1 Å². The number of ether oxygens (including phenoxy) is 1. The highest BCUT2D eigenvalue weighted by Crippen LogP contribution is 2.21. The first kappa shape index (κ1) is 17.6. The number of amides is 1. The van der Waals surface area contributed by atoms with Gasteiger partial charge >= 0.3 is 6.61 Å². The maximum Gasteiger partial charge on any atom is 0.387 e. The number of benzene rings is 1. The minimum absolute atomic E-state index is 0.0183. The van der Waals surface area contributed by atoms with Crippen LogP contribution >= 0.6 is 0 Å². The van der Waals surface area contributed by atoms with E-state index in [1.165, 1.54) is 24.4 Å². The second-order valence-electron chi connectivity index (χ2n) is 5.46. The fraction of sp³-hybridized carbons (Fsp3) is 0.235. The molecule has 0 saturated carbocycles. The van der Waals surface area contributed by atoms with Crippen molar-refractivity contribution >= 4 is 11.6 Å². The molecule has 0 fully saturated rings. The van der Waals surface area contributed by atoms with E-state index in [9.17, 15) is 13.6 Å². The van der Waals surface area contributed by atoms with E-state index >= 15 is 0 Å². The molecule has 0 radical (unpaired) electrons. The van der Waals surface area contributed by atoms with Crippen molar-refractivity contribution in [2.24, 2.45) is 0 Å². The first-order valence-electron chi connectivity index (χ1n) is 7.94. The first-order chi connectivity index (χ1) is 12.5. The fourth-order valence-corrected chi connectivity index (χ4v) is 2.41. The lowest BCUT2D eigenvalue weighted by Gasteiger charge is -2.09. The second-order valence-corrected chi connectivity index (χ2v) is 5.46. The van der Waals surface area contributed by atoms with Crippen molar-refractivity contribution in [3.8, 4) is 5.75 Å². The third-order valence-corrected chi connectivity index (χ3v) is 3.59. The van der Waals surface area contributed by atoms with Gasteiger partial charge in [0.15, 0.2) is 0 Å². The molecule has 0 aliphatic heterocycles. The molecule has 2 aromatic heterocycles. The Morgan fingerprint density at radius 1 is 1.19 bits per heavy atom. The zero-order valence-corrected chi connectivity index (χ0v) is 14.0. The van der Waals surface area contributed by atoms with Crippen molar-refractivity contribution in [1.29, 1.82) is 0 Å². The monoisotopic (exact) mass is 361 g/mol. The molecule has 0 saturated heterocycles. The lowest BCUT2D eigenvalue weighted by atomic mass is 10.2. The predicted molar refractivity (Wildman–Crippen MR) is 90.3 cm³/mol. The van der Waals surface area contributed by atoms with Crippen LogP contribution in [0.2, 0.25) is 0 Å². The zero-order valence-electron chi connectivity index (χ0n) is 14.0. The molecule has 3 aromatic rings. The summed E-state index contributed by atoms with van der Waals surface area (Å²) in [4.78, 5) is 12.3. The molecule has 7 nitrogen and oxygen atoms in total. The summed E-state index contributed by atoms with van der Waals surface area (Å²) in [5, 5.41) is 11.0. The summed E-state index contributed by atoms with van der Waals surface area (Å²) in [6, 6.07) is 5.82. The van der Waals surface area contributed by atoms with Gasteiger partial charge in [0, 0.05) is 24.5 Å². The number of nitrogens with one attached hydrogen (secondary N) is 1. The van der Waals surface area contributed by atoms with Crippen molar-refractivity contribution in [2.45, 2.75) is 26.6 Å². The Labute approximate surface area is 148 Å². The SMILES string of the molecule is CCn1cc(Cn2cc(NC(=O)c3ccccc3OC(F)F)cn2)cn1. The quantitative estimate of drug-likeness (QED) is 0.702. The molecule has 1 amide bonds. The van der Waals surface area contributed by atoms with Gasteiger partial charge in [-0.3, -0.25) is 14.2 Å². The normalized spacial score (nSPS) is 10.9. The lowest BCUT2D eigenvalue weighted by molar-refractivity contribution is -0.0501. The van der Waals surface area contributed by atoms with Gasteiger partial charge in [-0.1, -0.05) is 12.1 Å². The van der Waals surface area contributed by atoms with E-state index in [0.29, 0.717) is 12.2 Å². The number of halogens is 2. The number of alkyl halides is 2. The van der Waals surface area contributed by atoms with Crippen molar-refractivity contribution in [2.75, 3.05) is 5.32 Å². The van der Waals surface area contributed by atoms with Crippen LogP contribution in [0.25, 0.3) is 0 Å². The molecule has 136 valence electrons. The number of carbonyl (C=O) groups excluding carboxylic acids is 1. The molecule has 3 rings (SSSR count). The zero-order chi connectivity index (χ0) is 18.5. The minimum atomic E-state index is -3.00. The summed E-state index contributed by atoms with van der Waals surface area (Å²) in [5.41, 5.74) is 1.44. The Morgan fingerprint density at radius 3 is 2.69 bits per heavy atom. The largest absolute Gasteiger partial charge is 0.434 e. The fourth-order valence-electron chi connectivity index (χ4n) is 2.41. The highest BCUT2D eigenvalue weighted by atomic mass is 19.3. The molecular formula is C17H17F2N5O2. The van der Waals surface area contributed by atoms with E-state index in [1.54, 1.807) is 23.1 Å². The smallest absolute Gasteiger partial charge is 0.387 e. The van der Waals surface area contributed by atoms with Crippen LogP contribution in [0.3, 0.4) is 0 Å². The molecule has 26 heavy (non-hydrogen) atoms. The molecule has 0 aliphatic rings. The molecule has 0 unspecified atom stereocenters. The highest BCUT2D eigenvalue weighted by Gasteiger charge is 2.16. The number of hydrogen-bond donors (Lipinski definition) is 1. The molecule has 0 spiro atoms. The summed E-state index contributed by atoms with van der Waals surface area (Å²) in [7, 11) is 0. The van der Waals surface area contributed by atoms with E-state index in [0.717, 1.165) is 12.1 Å². The first-order valence-corrected chi connectivity index (χ1v) is 7.94. The van der Waals surface area contributed by atoms with Gasteiger partial charge in [0.1, 0.15) is 5.75 Å². The Hall–Kier alpha value is -3.23. The van der Waals surface area contributed by atoms with E-state index in [4.69, 9.17) is 0 Å². The van der Waals surface area contributed by atoms with Crippen molar-refractivity contribution < 1.29 is 18.3 Å². The molecular weight excluding hydrogens is 344 g/mol. The number of anilines is 1. The van der Waals surface area contributed by atoms with Gasteiger partial charge in [-0.15, -0.1) is 0 Å². The standard InChI is InChI=1S/C17H17F2N5O2/c1-2-23-9-12(7-20-23)10-24-11-13(8-21-24)22-16(25)14-5-3-4-6-15(14)26-17(18)19/h3-9,11,17H,2,10H2,1H3,(H,22,25). The van der Waals surface area contributed by atoms with Crippen molar-refractivity contribution in [3.63, 3.8) is 0 Å². The van der Waals surface area contributed by atoms with Gasteiger partial charge in [-0.25, -0.2) is 0 Å². The highest BCUT2D eigenvalue weighted by molar-refractivity contribution is 6.06. The third-order valence-electron chi connectivity index (χ3n) is 3.59. The number of hydrogen-bond acceptors (Lipinski definition) is 4. The second kappa shape index (κ2) is 7.77. The number of carbonyl (C=O) groups is 1. The summed E-state index contributed by atoms with van der Waals surface area (Å²) < 4.78 is 32.7. The Morgan fingerprint density at radius 2 is 1.96 bits per heavy atom. The van der Waals surface area contributed by atoms with E-state index in [1.807, 2.05) is 17.8 Å². The van der Waals surface area contributed by atoms with E-state index in [-0.39, 0.29) is 11.3 Å². The van der Waals surface area contributed by atoms with Crippen LogP contribution in [-0.2, 0) is 13.1 Å². The maximum absolute atomic E-state index is 12.5. The third kappa shape index (κ3) is 4.24. The minimum Gasteiger partial charge on any atom is -0.434 e. The Kier molecular flexibility index (Phi) is 5.26. The topological polar surface area (TPSA) is 74.0 Å². The van der Waals surface area contributed by atoms with E-state index < -0.39 is 12.5 Å². The number of aromatic nitrogens is 4. The van der Waals surface area contributed by atoms with Gasteiger partial charge in [0.2, 0.25) is 0 Å². The molecule has 1 aromatic carbocycles. The summed E-state index contributed by atoms with van der Waals surface area (Å²) in [5.74, 6) is -0.737. The summed E-state index contributed by atoms with van der Waals surface area (Å²) in [6.07, 6.45) is 6.80. The number of para-hydroxylation sites is 1. The molecule has 2 heterocycles. The average Bonchev–Trinajstić information content (AvgIpc) is 3.24. The number of nitrogens with zero attached hydrogens (tertiary/aromatic N) is 4. The molecule has 1 N–H and O–H groups in total. The predicted octanol–water partition coefficient (Wildman–Crippen LogP) is 3.00. The van der Waals surface area contributed by atoms with Crippen LogP contribution < -0.4 is 10.1 Å². The Bertz CT molecular complexity index is 891. The summed E-state index contributed by atoms with van der Waals surface area (Å²) in [6.45, 7) is 0.269. The van der Waals surface area contributed by atoms with Gasteiger partial charge in [0.25, 0.3) is 5.91 Å². The van der Waals surface area contributed by atoms with Gasteiger partial charge in [0.05, 0.1) is 30.2 Å². The van der Waals surface area contributed by atoms with Gasteiger partial charge < -0.3 is 10.1 Å².